The molecule has 2 N–H and O–H groups in total. The van der Waals surface area contributed by atoms with Crippen LogP contribution in [0.4, 0.5) is 11.4 Å². The first-order valence-corrected chi connectivity index (χ1v) is 5.87. The van der Waals surface area contributed by atoms with Crippen LogP contribution >= 0.6 is 11.6 Å². The van der Waals surface area contributed by atoms with Crippen LogP contribution in [0.15, 0.2) is 18.2 Å². The molecule has 0 fully saturated rings. The van der Waals surface area contributed by atoms with Crippen molar-refractivity contribution in [1.82, 2.24) is 5.32 Å². The van der Waals surface area contributed by atoms with E-state index in [0.717, 1.165) is 0 Å². The molecule has 98 valence electrons. The average Bonchev–Trinajstić information content (AvgIpc) is 2.31. The minimum Gasteiger partial charge on any atom is -0.378 e. The molecule has 0 unspecified atom stereocenters. The second-order valence-corrected chi connectivity index (χ2v) is 3.93. The summed E-state index contributed by atoms with van der Waals surface area (Å²) in [5.41, 5.74) is 0.145. The van der Waals surface area contributed by atoms with Crippen LogP contribution in [0, 0.1) is 10.1 Å². The number of para-hydroxylation sites is 1. The van der Waals surface area contributed by atoms with Gasteiger partial charge in [0.1, 0.15) is 5.69 Å². The molecule has 0 bridgehead atoms. The topological polar surface area (TPSA) is 84.3 Å². The summed E-state index contributed by atoms with van der Waals surface area (Å²) in [6.07, 6.45) is 0.232. The van der Waals surface area contributed by atoms with E-state index in [0.29, 0.717) is 6.54 Å². The highest BCUT2D eigenvalue weighted by molar-refractivity contribution is 6.33. The monoisotopic (exact) mass is 271 g/mol. The first kappa shape index (κ1) is 14.2. The second-order valence-electron chi connectivity index (χ2n) is 3.52. The SMILES string of the molecule is CCNC(=O)CCNc1c(Cl)cccc1[N+](=O)[O-]. The Hall–Kier alpha value is -1.82. The number of benzene rings is 1. The van der Waals surface area contributed by atoms with Crippen molar-refractivity contribution in [2.75, 3.05) is 18.4 Å². The van der Waals surface area contributed by atoms with Gasteiger partial charge in [-0.25, -0.2) is 0 Å². The van der Waals surface area contributed by atoms with E-state index in [1.165, 1.54) is 12.1 Å². The molecule has 1 amide bonds. The molecule has 0 aromatic heterocycles. The number of amides is 1. The molecule has 0 atom stereocenters. The maximum absolute atomic E-state index is 11.2. The number of halogens is 1. The Bertz CT molecular complexity index is 451. The molecule has 1 aromatic rings. The van der Waals surface area contributed by atoms with Crippen molar-refractivity contribution in [1.29, 1.82) is 0 Å². The highest BCUT2D eigenvalue weighted by Gasteiger charge is 2.16. The summed E-state index contributed by atoms with van der Waals surface area (Å²) in [4.78, 5) is 21.5. The summed E-state index contributed by atoms with van der Waals surface area (Å²) in [5, 5.41) is 16.5. The van der Waals surface area contributed by atoms with E-state index in [-0.39, 0.29) is 35.3 Å². The van der Waals surface area contributed by atoms with E-state index in [4.69, 9.17) is 11.6 Å². The number of carbonyl (C=O) groups excluding carboxylic acids is 1. The maximum atomic E-state index is 11.2. The number of nitrogens with one attached hydrogen (secondary N) is 2. The Labute approximate surface area is 109 Å². The van der Waals surface area contributed by atoms with Gasteiger partial charge in [0.15, 0.2) is 0 Å². The highest BCUT2D eigenvalue weighted by atomic mass is 35.5. The van der Waals surface area contributed by atoms with Crippen LogP contribution in [0.1, 0.15) is 13.3 Å². The van der Waals surface area contributed by atoms with Gasteiger partial charge >= 0.3 is 0 Å². The largest absolute Gasteiger partial charge is 0.378 e. The molecule has 0 saturated heterocycles. The zero-order chi connectivity index (χ0) is 13.5. The van der Waals surface area contributed by atoms with Crippen LogP contribution in [0.25, 0.3) is 0 Å². The molecule has 1 rings (SSSR count). The molecule has 0 aliphatic carbocycles. The van der Waals surface area contributed by atoms with Gasteiger partial charge in [-0.15, -0.1) is 0 Å². The Morgan fingerprint density at radius 3 is 2.83 bits per heavy atom. The fraction of sp³-hybridized carbons (Fsp3) is 0.364. The van der Waals surface area contributed by atoms with Gasteiger partial charge in [0, 0.05) is 25.6 Å². The van der Waals surface area contributed by atoms with Crippen LogP contribution in [-0.4, -0.2) is 23.9 Å². The molecule has 6 nitrogen and oxygen atoms in total. The normalized spacial score (nSPS) is 9.89. The minimum absolute atomic E-state index is 0.0987. The van der Waals surface area contributed by atoms with Crippen molar-refractivity contribution in [2.45, 2.75) is 13.3 Å². The molecular weight excluding hydrogens is 258 g/mol. The molecule has 18 heavy (non-hydrogen) atoms. The molecule has 0 aliphatic rings. The quantitative estimate of drug-likeness (QED) is 0.613. The van der Waals surface area contributed by atoms with Crippen molar-refractivity contribution in [3.05, 3.63) is 33.3 Å². The van der Waals surface area contributed by atoms with Gasteiger partial charge in [0.25, 0.3) is 5.69 Å². The van der Waals surface area contributed by atoms with Gasteiger partial charge in [0.05, 0.1) is 9.95 Å². The fourth-order valence-electron chi connectivity index (χ4n) is 1.43. The third-order valence-corrected chi connectivity index (χ3v) is 2.53. The predicted molar refractivity (Wildman–Crippen MR) is 69.9 cm³/mol. The van der Waals surface area contributed by atoms with E-state index < -0.39 is 4.92 Å². The zero-order valence-corrected chi connectivity index (χ0v) is 10.7. The number of hydrogen-bond donors (Lipinski definition) is 2. The Morgan fingerprint density at radius 2 is 2.22 bits per heavy atom. The van der Waals surface area contributed by atoms with Crippen LogP contribution in [0.3, 0.4) is 0 Å². The summed E-state index contributed by atoms with van der Waals surface area (Å²) >= 11 is 5.88. The van der Waals surface area contributed by atoms with Crippen LogP contribution in [0.2, 0.25) is 5.02 Å². The van der Waals surface area contributed by atoms with Crippen molar-refractivity contribution >= 4 is 28.9 Å². The molecule has 0 spiro atoms. The lowest BCUT2D eigenvalue weighted by atomic mass is 10.2. The van der Waals surface area contributed by atoms with E-state index in [1.807, 2.05) is 6.92 Å². The van der Waals surface area contributed by atoms with Gasteiger partial charge < -0.3 is 10.6 Å². The summed E-state index contributed by atoms with van der Waals surface area (Å²) < 4.78 is 0. The molecule has 0 saturated carbocycles. The Kier molecular flexibility index (Phi) is 5.38. The fourth-order valence-corrected chi connectivity index (χ4v) is 1.66. The van der Waals surface area contributed by atoms with Gasteiger partial charge in [-0.05, 0) is 13.0 Å². The second kappa shape index (κ2) is 6.80. The van der Waals surface area contributed by atoms with Crippen LogP contribution in [-0.2, 0) is 4.79 Å². The predicted octanol–water partition coefficient (Wildman–Crippen LogP) is 2.19. The number of nitro benzene ring substituents is 1. The van der Waals surface area contributed by atoms with E-state index >= 15 is 0 Å². The lowest BCUT2D eigenvalue weighted by Gasteiger charge is -2.08. The highest BCUT2D eigenvalue weighted by Crippen LogP contribution is 2.31. The number of anilines is 1. The van der Waals surface area contributed by atoms with Crippen LogP contribution < -0.4 is 10.6 Å². The molecule has 0 aliphatic heterocycles. The van der Waals surface area contributed by atoms with Crippen LogP contribution in [0.5, 0.6) is 0 Å². The molecule has 7 heteroatoms. The first-order valence-electron chi connectivity index (χ1n) is 5.49. The third-order valence-electron chi connectivity index (χ3n) is 2.22. The minimum atomic E-state index is -0.514. The standard InChI is InChI=1S/C11H14ClN3O3/c1-2-13-10(16)6-7-14-11-8(12)4-3-5-9(11)15(17)18/h3-5,14H,2,6-7H2,1H3,(H,13,16). The smallest absolute Gasteiger partial charge is 0.293 e. The molecular formula is C11H14ClN3O3. The molecule has 0 heterocycles. The number of nitro groups is 1. The van der Waals surface area contributed by atoms with E-state index in [2.05, 4.69) is 10.6 Å². The average molecular weight is 272 g/mol. The van der Waals surface area contributed by atoms with E-state index in [1.54, 1.807) is 6.07 Å². The van der Waals surface area contributed by atoms with Crippen molar-refractivity contribution in [3.8, 4) is 0 Å². The third kappa shape index (κ3) is 3.89. The lowest BCUT2D eigenvalue weighted by Crippen LogP contribution is -2.24. The first-order chi connectivity index (χ1) is 8.56. The summed E-state index contributed by atoms with van der Waals surface area (Å²) in [5.74, 6) is -0.111. The Morgan fingerprint density at radius 1 is 1.50 bits per heavy atom. The van der Waals surface area contributed by atoms with Crippen molar-refractivity contribution in [3.63, 3.8) is 0 Å². The summed E-state index contributed by atoms with van der Waals surface area (Å²) in [6, 6.07) is 4.43. The zero-order valence-electron chi connectivity index (χ0n) is 9.90. The van der Waals surface area contributed by atoms with Gasteiger partial charge in [0.2, 0.25) is 5.91 Å². The number of nitrogens with zero attached hydrogens (tertiary/aromatic N) is 1. The number of hydrogen-bond acceptors (Lipinski definition) is 4. The summed E-state index contributed by atoms with van der Waals surface area (Å²) in [6.45, 7) is 2.67. The molecule has 1 aromatic carbocycles. The Balaban J connectivity index is 2.67. The number of carbonyl (C=O) groups is 1. The summed E-state index contributed by atoms with van der Waals surface area (Å²) in [7, 11) is 0. The van der Waals surface area contributed by atoms with Gasteiger partial charge in [-0.1, -0.05) is 17.7 Å². The van der Waals surface area contributed by atoms with E-state index in [9.17, 15) is 14.9 Å². The molecule has 0 radical (unpaired) electrons. The van der Waals surface area contributed by atoms with Crippen molar-refractivity contribution < 1.29 is 9.72 Å². The number of rotatable bonds is 6. The lowest BCUT2D eigenvalue weighted by molar-refractivity contribution is -0.383. The van der Waals surface area contributed by atoms with Crippen molar-refractivity contribution in [2.24, 2.45) is 0 Å². The van der Waals surface area contributed by atoms with Gasteiger partial charge in [-0.2, -0.15) is 0 Å². The van der Waals surface area contributed by atoms with Gasteiger partial charge in [-0.3, -0.25) is 14.9 Å². The maximum Gasteiger partial charge on any atom is 0.293 e.